The van der Waals surface area contributed by atoms with Gasteiger partial charge in [-0.15, -0.1) is 0 Å². The molecule has 0 saturated heterocycles. The summed E-state index contributed by atoms with van der Waals surface area (Å²) in [6.07, 6.45) is 10.7. The van der Waals surface area contributed by atoms with Gasteiger partial charge in [-0.25, -0.2) is 9.97 Å². The first-order valence-corrected chi connectivity index (χ1v) is 8.87. The fourth-order valence-electron chi connectivity index (χ4n) is 3.77. The Kier molecular flexibility index (Phi) is 4.29. The highest BCUT2D eigenvalue weighted by molar-refractivity contribution is 5.76. The predicted molar refractivity (Wildman–Crippen MR) is 91.6 cm³/mol. The second kappa shape index (κ2) is 6.74. The van der Waals surface area contributed by atoms with Gasteiger partial charge in [0, 0.05) is 31.8 Å². The van der Waals surface area contributed by atoms with Crippen LogP contribution in [0, 0.1) is 5.92 Å². The van der Waals surface area contributed by atoms with E-state index in [2.05, 4.69) is 19.9 Å². The average molecular weight is 339 g/mol. The molecule has 2 aromatic rings. The number of nitrogens with one attached hydrogen (secondary N) is 1. The first kappa shape index (κ1) is 15.9. The monoisotopic (exact) mass is 339 g/mol. The summed E-state index contributed by atoms with van der Waals surface area (Å²) in [5, 5.41) is 0. The molecule has 0 atom stereocenters. The van der Waals surface area contributed by atoms with Gasteiger partial charge in [-0.05, 0) is 18.8 Å². The van der Waals surface area contributed by atoms with Crippen molar-refractivity contribution in [1.29, 1.82) is 0 Å². The lowest BCUT2D eigenvalue weighted by Gasteiger charge is -2.28. The number of H-pyrrole nitrogens is 1. The van der Waals surface area contributed by atoms with Gasteiger partial charge in [-0.1, -0.05) is 12.8 Å². The second-order valence-electron chi connectivity index (χ2n) is 6.85. The summed E-state index contributed by atoms with van der Waals surface area (Å²) in [4.78, 5) is 42.3. The first-order valence-electron chi connectivity index (χ1n) is 8.87. The summed E-state index contributed by atoms with van der Waals surface area (Å²) in [5.41, 5.74) is 1.71. The van der Waals surface area contributed by atoms with Gasteiger partial charge in [0.05, 0.1) is 24.0 Å². The zero-order valence-electron chi connectivity index (χ0n) is 14.1. The van der Waals surface area contributed by atoms with E-state index in [1.807, 2.05) is 0 Å². The maximum atomic E-state index is 12.5. The number of hydrogen-bond acceptors (Lipinski definition) is 5. The summed E-state index contributed by atoms with van der Waals surface area (Å²) in [6, 6.07) is 0. The highest BCUT2D eigenvalue weighted by Gasteiger charge is 2.27. The average Bonchev–Trinajstić information content (AvgIpc) is 3.15. The van der Waals surface area contributed by atoms with Crippen molar-refractivity contribution in [2.75, 3.05) is 6.54 Å². The van der Waals surface area contributed by atoms with E-state index >= 15 is 0 Å². The molecule has 25 heavy (non-hydrogen) atoms. The predicted octanol–water partition coefficient (Wildman–Crippen LogP) is 1.69. The smallest absolute Gasteiger partial charge is 0.256 e. The van der Waals surface area contributed by atoms with Crippen molar-refractivity contribution in [3.8, 4) is 11.5 Å². The fourth-order valence-corrected chi connectivity index (χ4v) is 3.77. The van der Waals surface area contributed by atoms with Gasteiger partial charge >= 0.3 is 0 Å². The van der Waals surface area contributed by atoms with Crippen LogP contribution in [0.4, 0.5) is 0 Å². The molecule has 1 aliphatic heterocycles. The maximum Gasteiger partial charge on any atom is 0.256 e. The molecule has 0 bridgehead atoms. The molecular weight excluding hydrogens is 318 g/mol. The van der Waals surface area contributed by atoms with Crippen LogP contribution in [-0.2, 0) is 17.8 Å². The van der Waals surface area contributed by atoms with Crippen LogP contribution in [0.15, 0.2) is 23.4 Å². The molecule has 1 N–H and O–H groups in total. The van der Waals surface area contributed by atoms with Crippen LogP contribution in [0.5, 0.6) is 0 Å². The number of carbonyl (C=O) groups is 1. The lowest BCUT2D eigenvalue weighted by molar-refractivity contribution is -0.133. The highest BCUT2D eigenvalue weighted by atomic mass is 16.2. The summed E-state index contributed by atoms with van der Waals surface area (Å²) >= 11 is 0. The van der Waals surface area contributed by atoms with Crippen molar-refractivity contribution in [2.24, 2.45) is 5.92 Å². The Balaban J connectivity index is 1.53. The Morgan fingerprint density at radius 1 is 1.28 bits per heavy atom. The molecule has 0 unspecified atom stereocenters. The van der Waals surface area contributed by atoms with E-state index in [4.69, 9.17) is 0 Å². The minimum atomic E-state index is -0.191. The Labute approximate surface area is 145 Å². The Morgan fingerprint density at radius 2 is 2.12 bits per heavy atom. The lowest BCUT2D eigenvalue weighted by atomic mass is 10.0. The second-order valence-corrected chi connectivity index (χ2v) is 6.85. The normalized spacial score (nSPS) is 17.5. The zero-order valence-corrected chi connectivity index (χ0v) is 14.1. The molecule has 0 aromatic carbocycles. The third-order valence-electron chi connectivity index (χ3n) is 5.17. The highest BCUT2D eigenvalue weighted by Crippen LogP contribution is 2.28. The Bertz CT molecular complexity index is 827. The van der Waals surface area contributed by atoms with Crippen LogP contribution in [-0.4, -0.2) is 37.3 Å². The quantitative estimate of drug-likeness (QED) is 0.919. The van der Waals surface area contributed by atoms with Crippen LogP contribution in [0.25, 0.3) is 11.5 Å². The SMILES string of the molecule is O=C(CC1CCCC1)N1CCc2nc(-c3cnccn3)[nH]c(=O)c2C1. The topological polar surface area (TPSA) is 91.8 Å². The van der Waals surface area contributed by atoms with Gasteiger partial charge < -0.3 is 9.88 Å². The molecule has 130 valence electrons. The van der Waals surface area contributed by atoms with Crippen LogP contribution >= 0.6 is 0 Å². The van der Waals surface area contributed by atoms with Crippen molar-refractivity contribution >= 4 is 5.91 Å². The molecule has 1 aliphatic carbocycles. The molecule has 1 amide bonds. The van der Waals surface area contributed by atoms with Gasteiger partial charge in [0.2, 0.25) is 5.91 Å². The van der Waals surface area contributed by atoms with Crippen molar-refractivity contribution in [1.82, 2.24) is 24.8 Å². The number of amides is 1. The van der Waals surface area contributed by atoms with E-state index in [9.17, 15) is 9.59 Å². The fraction of sp³-hybridized carbons (Fsp3) is 0.500. The summed E-state index contributed by atoms with van der Waals surface area (Å²) < 4.78 is 0. The number of nitrogens with zero attached hydrogens (tertiary/aromatic N) is 4. The van der Waals surface area contributed by atoms with Gasteiger partial charge in [0.25, 0.3) is 5.56 Å². The molecule has 4 rings (SSSR count). The standard InChI is InChI=1S/C18H21N5O2/c24-16(9-12-3-1-2-4-12)23-8-5-14-13(11-23)18(25)22-17(21-14)15-10-19-6-7-20-15/h6-7,10,12H,1-5,8-9,11H2,(H,21,22,25). The number of fused-ring (bicyclic) bond motifs is 1. The summed E-state index contributed by atoms with van der Waals surface area (Å²) in [6.45, 7) is 0.971. The molecule has 7 nitrogen and oxygen atoms in total. The molecular formula is C18H21N5O2. The van der Waals surface area contributed by atoms with Gasteiger partial charge in [0.15, 0.2) is 5.82 Å². The summed E-state index contributed by atoms with van der Waals surface area (Å²) in [5.74, 6) is 1.11. The molecule has 0 spiro atoms. The minimum absolute atomic E-state index is 0.162. The number of carbonyl (C=O) groups excluding carboxylic acids is 1. The van der Waals surface area contributed by atoms with Crippen molar-refractivity contribution < 1.29 is 4.79 Å². The van der Waals surface area contributed by atoms with Gasteiger partial charge in [-0.2, -0.15) is 0 Å². The third-order valence-corrected chi connectivity index (χ3v) is 5.17. The van der Waals surface area contributed by atoms with Crippen LogP contribution in [0.3, 0.4) is 0 Å². The molecule has 3 heterocycles. The first-order chi connectivity index (χ1) is 12.2. The van der Waals surface area contributed by atoms with E-state index in [0.29, 0.717) is 48.9 Å². The maximum absolute atomic E-state index is 12.5. The lowest BCUT2D eigenvalue weighted by Crippen LogP contribution is -2.40. The van der Waals surface area contributed by atoms with Crippen molar-refractivity contribution in [3.63, 3.8) is 0 Å². The van der Waals surface area contributed by atoms with Crippen LogP contribution < -0.4 is 5.56 Å². The molecule has 1 saturated carbocycles. The third kappa shape index (κ3) is 3.31. The zero-order chi connectivity index (χ0) is 17.2. The number of rotatable bonds is 3. The largest absolute Gasteiger partial charge is 0.338 e. The molecule has 7 heteroatoms. The number of hydrogen-bond donors (Lipinski definition) is 1. The molecule has 1 fully saturated rings. The summed E-state index contributed by atoms with van der Waals surface area (Å²) in [7, 11) is 0. The van der Waals surface area contributed by atoms with E-state index in [0.717, 1.165) is 18.5 Å². The van der Waals surface area contributed by atoms with Gasteiger partial charge in [0.1, 0.15) is 5.69 Å². The van der Waals surface area contributed by atoms with Crippen LogP contribution in [0.1, 0.15) is 43.4 Å². The van der Waals surface area contributed by atoms with Gasteiger partial charge in [-0.3, -0.25) is 14.6 Å². The van der Waals surface area contributed by atoms with Crippen molar-refractivity contribution in [3.05, 3.63) is 40.2 Å². The number of aromatic amines is 1. The minimum Gasteiger partial charge on any atom is -0.338 e. The van der Waals surface area contributed by atoms with E-state index in [1.165, 1.54) is 12.8 Å². The number of aromatic nitrogens is 4. The van der Waals surface area contributed by atoms with Crippen molar-refractivity contribution in [2.45, 2.75) is 45.1 Å². The molecule has 2 aliphatic rings. The van der Waals surface area contributed by atoms with Crippen LogP contribution in [0.2, 0.25) is 0 Å². The van der Waals surface area contributed by atoms with E-state index in [-0.39, 0.29) is 11.5 Å². The van der Waals surface area contributed by atoms with E-state index < -0.39 is 0 Å². The Hall–Kier alpha value is -2.57. The molecule has 0 radical (unpaired) electrons. The Morgan fingerprint density at radius 3 is 2.88 bits per heavy atom. The molecule has 2 aromatic heterocycles. The van der Waals surface area contributed by atoms with E-state index in [1.54, 1.807) is 23.5 Å².